The molecule has 0 spiro atoms. The number of benzene rings is 1. The summed E-state index contributed by atoms with van der Waals surface area (Å²) in [7, 11) is 1.37. The Balaban J connectivity index is 2.47. The van der Waals surface area contributed by atoms with Gasteiger partial charge in [-0.15, -0.1) is 0 Å². The van der Waals surface area contributed by atoms with E-state index in [1.165, 1.54) is 14.0 Å². The topological polar surface area (TPSA) is 75.0 Å². The Morgan fingerprint density at radius 2 is 2.04 bits per heavy atom. The Labute approximate surface area is 139 Å². The van der Waals surface area contributed by atoms with Gasteiger partial charge in [0.2, 0.25) is 5.75 Å². The molecule has 2 aromatic rings. The summed E-state index contributed by atoms with van der Waals surface area (Å²) in [5.41, 5.74) is -0.540. The number of carbonyl (C=O) groups excluding carboxylic acids is 1. The summed E-state index contributed by atoms with van der Waals surface area (Å²) in [6, 6.07) is 4.95. The Bertz CT molecular complexity index is 803. The average molecular weight is 332 g/mol. The summed E-state index contributed by atoms with van der Waals surface area (Å²) in [6.07, 6.45) is 5.69. The standard InChI is InChI=1S/C18H20O6/c1-4-5-6-7-11-22-16-13-9-8-10-14(23-12(2)19)15(13)24-18(20)17(16)21-3/h5-6,8-10H,4,7,11H2,1-3H3/b6-5+. The van der Waals surface area contributed by atoms with Gasteiger partial charge < -0.3 is 18.6 Å². The van der Waals surface area contributed by atoms with Gasteiger partial charge in [0.25, 0.3) is 0 Å². The van der Waals surface area contributed by atoms with Crippen LogP contribution in [0.3, 0.4) is 0 Å². The number of methoxy groups -OCH3 is 1. The summed E-state index contributed by atoms with van der Waals surface area (Å²) >= 11 is 0. The third-order valence-corrected chi connectivity index (χ3v) is 3.20. The lowest BCUT2D eigenvalue weighted by atomic mass is 10.2. The molecule has 128 valence electrons. The zero-order chi connectivity index (χ0) is 17.5. The van der Waals surface area contributed by atoms with Gasteiger partial charge in [-0.3, -0.25) is 4.79 Å². The van der Waals surface area contributed by atoms with E-state index in [0.717, 1.165) is 6.42 Å². The number of rotatable bonds is 7. The van der Waals surface area contributed by atoms with E-state index in [1.54, 1.807) is 18.2 Å². The molecule has 24 heavy (non-hydrogen) atoms. The maximum atomic E-state index is 12.1. The van der Waals surface area contributed by atoms with Gasteiger partial charge in [-0.1, -0.05) is 25.1 Å². The predicted octanol–water partition coefficient (Wildman–Crippen LogP) is 3.46. The molecule has 0 N–H and O–H groups in total. The summed E-state index contributed by atoms with van der Waals surface area (Å²) in [6.45, 7) is 3.70. The second-order valence-electron chi connectivity index (χ2n) is 5.00. The molecule has 0 radical (unpaired) electrons. The maximum Gasteiger partial charge on any atom is 0.383 e. The van der Waals surface area contributed by atoms with E-state index in [4.69, 9.17) is 18.6 Å². The van der Waals surface area contributed by atoms with Crippen molar-refractivity contribution in [2.45, 2.75) is 26.7 Å². The molecule has 6 heteroatoms. The smallest absolute Gasteiger partial charge is 0.383 e. The minimum absolute atomic E-state index is 0.0121. The van der Waals surface area contributed by atoms with E-state index >= 15 is 0 Å². The van der Waals surface area contributed by atoms with E-state index < -0.39 is 11.6 Å². The Morgan fingerprint density at radius 3 is 2.71 bits per heavy atom. The van der Waals surface area contributed by atoms with Crippen molar-refractivity contribution in [1.29, 1.82) is 0 Å². The minimum atomic E-state index is -0.691. The number of carbonyl (C=O) groups is 1. The molecule has 1 aromatic carbocycles. The van der Waals surface area contributed by atoms with Gasteiger partial charge in [0.05, 0.1) is 19.1 Å². The first-order valence-electron chi connectivity index (χ1n) is 7.68. The molecule has 0 aliphatic rings. The zero-order valence-electron chi connectivity index (χ0n) is 14.0. The van der Waals surface area contributed by atoms with Crippen molar-refractivity contribution in [3.05, 3.63) is 40.8 Å². The molecular weight excluding hydrogens is 312 g/mol. The van der Waals surface area contributed by atoms with Crippen LogP contribution < -0.4 is 19.8 Å². The molecule has 0 bridgehead atoms. The Hall–Kier alpha value is -2.76. The third-order valence-electron chi connectivity index (χ3n) is 3.20. The fourth-order valence-electron chi connectivity index (χ4n) is 2.22. The lowest BCUT2D eigenvalue weighted by Crippen LogP contribution is -2.09. The van der Waals surface area contributed by atoms with E-state index in [-0.39, 0.29) is 22.8 Å². The highest BCUT2D eigenvalue weighted by Gasteiger charge is 2.19. The van der Waals surface area contributed by atoms with Crippen LogP contribution in [0.4, 0.5) is 0 Å². The van der Waals surface area contributed by atoms with Crippen molar-refractivity contribution in [2.75, 3.05) is 13.7 Å². The van der Waals surface area contributed by atoms with Crippen molar-refractivity contribution >= 4 is 16.9 Å². The molecule has 1 heterocycles. The number of allylic oxidation sites excluding steroid dienone is 1. The molecule has 0 atom stereocenters. The number of esters is 1. The van der Waals surface area contributed by atoms with Crippen molar-refractivity contribution in [2.24, 2.45) is 0 Å². The third kappa shape index (κ3) is 3.95. The van der Waals surface area contributed by atoms with Crippen LogP contribution in [0.5, 0.6) is 17.2 Å². The lowest BCUT2D eigenvalue weighted by molar-refractivity contribution is -0.131. The van der Waals surface area contributed by atoms with Gasteiger partial charge in [0.1, 0.15) is 0 Å². The second-order valence-corrected chi connectivity index (χ2v) is 5.00. The van der Waals surface area contributed by atoms with Gasteiger partial charge >= 0.3 is 11.6 Å². The SMILES string of the molecule is CC/C=C/CCOc1c(OC)c(=O)oc2c(OC(C)=O)cccc12. The molecule has 2 rings (SSSR count). The molecule has 0 amide bonds. The normalized spacial score (nSPS) is 11.0. The zero-order valence-corrected chi connectivity index (χ0v) is 14.0. The van der Waals surface area contributed by atoms with Crippen LogP contribution >= 0.6 is 0 Å². The van der Waals surface area contributed by atoms with Crippen molar-refractivity contribution < 1.29 is 23.4 Å². The Morgan fingerprint density at radius 1 is 1.25 bits per heavy atom. The first kappa shape index (κ1) is 17.6. The number of hydrogen-bond acceptors (Lipinski definition) is 6. The first-order chi connectivity index (χ1) is 11.6. The highest BCUT2D eigenvalue weighted by molar-refractivity contribution is 5.91. The summed E-state index contributed by atoms with van der Waals surface area (Å²) in [4.78, 5) is 23.3. The van der Waals surface area contributed by atoms with Gasteiger partial charge in [-0.25, -0.2) is 4.79 Å². The average Bonchev–Trinajstić information content (AvgIpc) is 2.54. The number of fused-ring (bicyclic) bond motifs is 1. The molecule has 0 saturated carbocycles. The Kier molecular flexibility index (Phi) is 6.01. The predicted molar refractivity (Wildman–Crippen MR) is 89.9 cm³/mol. The van der Waals surface area contributed by atoms with Crippen LogP contribution in [0.1, 0.15) is 26.7 Å². The molecule has 0 unspecified atom stereocenters. The number of hydrogen-bond donors (Lipinski definition) is 0. The molecule has 1 aromatic heterocycles. The molecule has 0 saturated heterocycles. The molecule has 0 fully saturated rings. The van der Waals surface area contributed by atoms with Crippen LogP contribution in [-0.4, -0.2) is 19.7 Å². The molecule has 6 nitrogen and oxygen atoms in total. The summed E-state index contributed by atoms with van der Waals surface area (Å²) < 4.78 is 21.2. The largest absolute Gasteiger partial charge is 0.488 e. The van der Waals surface area contributed by atoms with Crippen LogP contribution in [0.15, 0.2) is 39.6 Å². The number of para-hydroxylation sites is 1. The highest BCUT2D eigenvalue weighted by Crippen LogP contribution is 2.36. The van der Waals surface area contributed by atoms with Crippen molar-refractivity contribution in [3.63, 3.8) is 0 Å². The minimum Gasteiger partial charge on any atom is -0.488 e. The van der Waals surface area contributed by atoms with Gasteiger partial charge in [0, 0.05) is 6.92 Å². The summed E-state index contributed by atoms with van der Waals surface area (Å²) in [5, 5.41) is 0.504. The lowest BCUT2D eigenvalue weighted by Gasteiger charge is -2.12. The summed E-state index contributed by atoms with van der Waals surface area (Å²) in [5.74, 6) is -0.0757. The fourth-order valence-corrected chi connectivity index (χ4v) is 2.22. The van der Waals surface area contributed by atoms with Crippen LogP contribution in [0, 0.1) is 0 Å². The van der Waals surface area contributed by atoms with Gasteiger partial charge in [-0.05, 0) is 25.0 Å². The molecular formula is C18H20O6. The second kappa shape index (κ2) is 8.19. The van der Waals surface area contributed by atoms with E-state index in [0.29, 0.717) is 18.4 Å². The van der Waals surface area contributed by atoms with E-state index in [9.17, 15) is 9.59 Å². The molecule has 0 aliphatic carbocycles. The number of ether oxygens (including phenoxy) is 3. The maximum absolute atomic E-state index is 12.1. The van der Waals surface area contributed by atoms with E-state index in [2.05, 4.69) is 0 Å². The van der Waals surface area contributed by atoms with Crippen LogP contribution in [0.2, 0.25) is 0 Å². The molecule has 0 aliphatic heterocycles. The van der Waals surface area contributed by atoms with E-state index in [1.807, 2.05) is 19.1 Å². The monoisotopic (exact) mass is 332 g/mol. The first-order valence-corrected chi connectivity index (χ1v) is 7.68. The van der Waals surface area contributed by atoms with Crippen molar-refractivity contribution in [1.82, 2.24) is 0 Å². The van der Waals surface area contributed by atoms with Crippen molar-refractivity contribution in [3.8, 4) is 17.2 Å². The quantitative estimate of drug-likeness (QED) is 0.254. The van der Waals surface area contributed by atoms with Gasteiger partial charge in [-0.2, -0.15) is 0 Å². The fraction of sp³-hybridized carbons (Fsp3) is 0.333. The van der Waals surface area contributed by atoms with Crippen LogP contribution in [-0.2, 0) is 4.79 Å². The van der Waals surface area contributed by atoms with Gasteiger partial charge in [0.15, 0.2) is 17.1 Å². The van der Waals surface area contributed by atoms with Crippen LogP contribution in [0.25, 0.3) is 11.0 Å². The highest BCUT2D eigenvalue weighted by atomic mass is 16.5.